The summed E-state index contributed by atoms with van der Waals surface area (Å²) in [6.07, 6.45) is 0.781. The van der Waals surface area contributed by atoms with Gasteiger partial charge in [0, 0.05) is 23.0 Å². The number of nitrogens with zero attached hydrogens (tertiary/aromatic N) is 2. The molecular weight excluding hydrogens is 444 g/mol. The van der Waals surface area contributed by atoms with Crippen molar-refractivity contribution < 1.29 is 26.7 Å². The maximum absolute atomic E-state index is 12.6. The van der Waals surface area contributed by atoms with Crippen LogP contribution in [0.25, 0.3) is 22.2 Å². The Kier molecular flexibility index (Phi) is 6.09. The predicted molar refractivity (Wildman–Crippen MR) is 123 cm³/mol. The molecule has 0 bridgehead atoms. The average molecular weight is 469 g/mol. The number of ether oxygens (including phenoxy) is 1. The molecule has 0 spiro atoms. The monoisotopic (exact) mass is 468 g/mol. The molecule has 33 heavy (non-hydrogen) atoms. The van der Waals surface area contributed by atoms with E-state index in [2.05, 4.69) is 5.16 Å². The van der Waals surface area contributed by atoms with E-state index in [0.29, 0.717) is 39.4 Å². The summed E-state index contributed by atoms with van der Waals surface area (Å²) in [6, 6.07) is 11.9. The Labute approximate surface area is 191 Å². The number of rotatable bonds is 8. The minimum Gasteiger partial charge on any atom is -0.497 e. The molecule has 4 rings (SSSR count). The van der Waals surface area contributed by atoms with Gasteiger partial charge in [0.05, 0.1) is 35.6 Å². The summed E-state index contributed by atoms with van der Waals surface area (Å²) in [5.74, 6) is 1.16. The number of fused-ring (bicyclic) bond motifs is 1. The summed E-state index contributed by atoms with van der Waals surface area (Å²) in [6.45, 7) is 5.50. The molecule has 0 unspecified atom stereocenters. The largest absolute Gasteiger partial charge is 0.497 e. The van der Waals surface area contributed by atoms with Crippen LogP contribution in [0.1, 0.15) is 27.4 Å². The number of carbonyl (C=O) groups excluding carboxylic acids is 1. The van der Waals surface area contributed by atoms with Gasteiger partial charge in [-0.1, -0.05) is 22.9 Å². The van der Waals surface area contributed by atoms with Crippen LogP contribution in [-0.2, 0) is 20.8 Å². The van der Waals surface area contributed by atoms with E-state index in [1.54, 1.807) is 45.2 Å². The number of aromatic nitrogens is 2. The maximum Gasteiger partial charge on any atom is 0.297 e. The van der Waals surface area contributed by atoms with Gasteiger partial charge in [-0.25, -0.2) is 0 Å². The molecule has 0 fully saturated rings. The van der Waals surface area contributed by atoms with Crippen LogP contribution in [0.5, 0.6) is 5.75 Å². The Balaban J connectivity index is 1.77. The van der Waals surface area contributed by atoms with Crippen molar-refractivity contribution in [2.45, 2.75) is 32.2 Å². The highest BCUT2D eigenvalue weighted by Crippen LogP contribution is 2.37. The minimum atomic E-state index is -3.93. The van der Waals surface area contributed by atoms with Crippen molar-refractivity contribution in [1.29, 1.82) is 0 Å². The van der Waals surface area contributed by atoms with Crippen molar-refractivity contribution in [1.82, 2.24) is 9.72 Å². The van der Waals surface area contributed by atoms with E-state index in [1.807, 2.05) is 17.6 Å². The second kappa shape index (κ2) is 8.84. The summed E-state index contributed by atoms with van der Waals surface area (Å²) >= 11 is 0. The summed E-state index contributed by atoms with van der Waals surface area (Å²) in [7, 11) is -2.37. The first kappa shape index (κ1) is 22.8. The highest BCUT2D eigenvalue weighted by molar-refractivity contribution is 7.86. The van der Waals surface area contributed by atoms with Crippen LogP contribution in [-0.4, -0.2) is 38.1 Å². The van der Waals surface area contributed by atoms with Gasteiger partial charge in [0.2, 0.25) is 0 Å². The number of benzene rings is 2. The fraction of sp³-hybridized carbons (Fsp3) is 0.250. The second-order valence-electron chi connectivity index (χ2n) is 7.70. The molecule has 4 aromatic rings. The SMILES string of the molecule is COc1ccc2c(c1)c(C=O)c(-c1c(C)noc1C)n2CCOS(=O)(=O)c1ccc(C)cc1. The van der Waals surface area contributed by atoms with E-state index in [9.17, 15) is 13.2 Å². The molecule has 0 radical (unpaired) electrons. The van der Waals surface area contributed by atoms with E-state index in [-0.39, 0.29) is 18.0 Å². The molecule has 172 valence electrons. The minimum absolute atomic E-state index is 0.0923. The van der Waals surface area contributed by atoms with Crippen molar-refractivity contribution in [3.8, 4) is 17.0 Å². The molecule has 9 heteroatoms. The molecule has 2 aromatic heterocycles. The van der Waals surface area contributed by atoms with E-state index >= 15 is 0 Å². The Morgan fingerprint density at radius 3 is 2.42 bits per heavy atom. The van der Waals surface area contributed by atoms with Gasteiger partial charge in [-0.3, -0.25) is 8.98 Å². The third kappa shape index (κ3) is 4.17. The van der Waals surface area contributed by atoms with Crippen LogP contribution in [0.3, 0.4) is 0 Å². The summed E-state index contributed by atoms with van der Waals surface area (Å²) < 4.78 is 43.1. The second-order valence-corrected chi connectivity index (χ2v) is 9.32. The molecule has 0 aliphatic rings. The third-order valence-corrected chi connectivity index (χ3v) is 6.89. The smallest absolute Gasteiger partial charge is 0.297 e. The Morgan fingerprint density at radius 2 is 1.82 bits per heavy atom. The molecular formula is C24H24N2O6S. The molecule has 0 aliphatic carbocycles. The summed E-state index contributed by atoms with van der Waals surface area (Å²) in [5.41, 5.74) is 4.05. The van der Waals surface area contributed by atoms with Crippen molar-refractivity contribution in [2.75, 3.05) is 13.7 Å². The standard InChI is InChI=1S/C24H24N2O6S/c1-15-5-8-19(9-6-15)33(28,29)31-12-11-26-22-10-7-18(30-4)13-20(22)21(14-27)24(26)23-16(2)25-32-17(23)3/h5-10,13-14H,11-12H2,1-4H3. The van der Waals surface area contributed by atoms with Crippen LogP contribution in [0, 0.1) is 20.8 Å². The summed E-state index contributed by atoms with van der Waals surface area (Å²) in [5, 5.41) is 4.70. The van der Waals surface area contributed by atoms with Crippen molar-refractivity contribution in [2.24, 2.45) is 0 Å². The van der Waals surface area contributed by atoms with E-state index in [0.717, 1.165) is 17.4 Å². The summed E-state index contributed by atoms with van der Waals surface area (Å²) in [4.78, 5) is 12.3. The molecule has 2 aromatic carbocycles. The van der Waals surface area contributed by atoms with Crippen LogP contribution in [0.2, 0.25) is 0 Å². The van der Waals surface area contributed by atoms with Crippen molar-refractivity contribution in [3.05, 3.63) is 65.0 Å². The van der Waals surface area contributed by atoms with Gasteiger partial charge in [0.25, 0.3) is 10.1 Å². The molecule has 0 N–H and O–H groups in total. The molecule has 0 amide bonds. The van der Waals surface area contributed by atoms with Gasteiger partial charge < -0.3 is 13.8 Å². The zero-order chi connectivity index (χ0) is 23.8. The van der Waals surface area contributed by atoms with E-state index in [1.165, 1.54) is 12.1 Å². The fourth-order valence-electron chi connectivity index (χ4n) is 3.94. The molecule has 0 saturated carbocycles. The lowest BCUT2D eigenvalue weighted by atomic mass is 10.0. The van der Waals surface area contributed by atoms with Gasteiger partial charge in [-0.05, 0) is 51.1 Å². The first-order valence-electron chi connectivity index (χ1n) is 10.3. The Hall–Kier alpha value is -3.43. The lowest BCUT2D eigenvalue weighted by Crippen LogP contribution is -2.13. The maximum atomic E-state index is 12.6. The normalized spacial score (nSPS) is 11.8. The van der Waals surface area contributed by atoms with Gasteiger partial charge in [-0.2, -0.15) is 8.42 Å². The van der Waals surface area contributed by atoms with Gasteiger partial charge in [0.1, 0.15) is 11.5 Å². The Morgan fingerprint density at radius 1 is 1.09 bits per heavy atom. The predicted octanol–water partition coefficient (Wildman–Crippen LogP) is 4.45. The topological polar surface area (TPSA) is 101 Å². The van der Waals surface area contributed by atoms with Crippen LogP contribution in [0.15, 0.2) is 51.9 Å². The average Bonchev–Trinajstić information content (AvgIpc) is 3.28. The fourth-order valence-corrected chi connectivity index (χ4v) is 4.84. The highest BCUT2D eigenvalue weighted by atomic mass is 32.2. The lowest BCUT2D eigenvalue weighted by Gasteiger charge is -2.12. The first-order chi connectivity index (χ1) is 15.8. The van der Waals surface area contributed by atoms with Crippen LogP contribution >= 0.6 is 0 Å². The zero-order valence-corrected chi connectivity index (χ0v) is 19.6. The third-order valence-electron chi connectivity index (χ3n) is 5.56. The molecule has 0 saturated heterocycles. The van der Waals surface area contributed by atoms with Crippen molar-refractivity contribution >= 4 is 27.3 Å². The van der Waals surface area contributed by atoms with E-state index < -0.39 is 10.1 Å². The van der Waals surface area contributed by atoms with Gasteiger partial charge in [-0.15, -0.1) is 0 Å². The number of hydrogen-bond donors (Lipinski definition) is 0. The Bertz CT molecular complexity index is 1410. The lowest BCUT2D eigenvalue weighted by molar-refractivity contribution is 0.112. The molecule has 8 nitrogen and oxygen atoms in total. The molecule has 2 heterocycles. The molecule has 0 aliphatic heterocycles. The number of hydrogen-bond acceptors (Lipinski definition) is 7. The first-order valence-corrected chi connectivity index (χ1v) is 11.7. The van der Waals surface area contributed by atoms with Gasteiger partial charge >= 0.3 is 0 Å². The quantitative estimate of drug-likeness (QED) is 0.278. The number of methoxy groups -OCH3 is 1. The zero-order valence-electron chi connectivity index (χ0n) is 18.8. The number of aldehydes is 1. The number of carbonyl (C=O) groups is 1. The number of aryl methyl sites for hydroxylation is 3. The van der Waals surface area contributed by atoms with Gasteiger partial charge in [0.15, 0.2) is 6.29 Å². The highest BCUT2D eigenvalue weighted by Gasteiger charge is 2.25. The van der Waals surface area contributed by atoms with Crippen LogP contribution < -0.4 is 4.74 Å². The van der Waals surface area contributed by atoms with Crippen molar-refractivity contribution in [3.63, 3.8) is 0 Å². The molecule has 0 atom stereocenters. The van der Waals surface area contributed by atoms with Crippen LogP contribution in [0.4, 0.5) is 0 Å². The van der Waals surface area contributed by atoms with E-state index in [4.69, 9.17) is 13.4 Å².